The highest BCUT2D eigenvalue weighted by Crippen LogP contribution is 2.39. The molecule has 0 bridgehead atoms. The first-order chi connectivity index (χ1) is 13.3. The average molecular weight is 363 g/mol. The van der Waals surface area contributed by atoms with E-state index < -0.39 is 0 Å². The second-order valence-corrected chi connectivity index (χ2v) is 6.87. The van der Waals surface area contributed by atoms with Crippen molar-refractivity contribution in [2.24, 2.45) is 0 Å². The van der Waals surface area contributed by atoms with Gasteiger partial charge in [0.05, 0.1) is 26.1 Å². The molecule has 2 heterocycles. The smallest absolute Gasteiger partial charge is 0.127 e. The van der Waals surface area contributed by atoms with E-state index in [0.29, 0.717) is 6.04 Å². The second kappa shape index (κ2) is 7.84. The Labute approximate surface area is 160 Å². The van der Waals surface area contributed by atoms with Crippen molar-refractivity contribution in [1.29, 1.82) is 0 Å². The molecule has 0 amide bonds. The summed E-state index contributed by atoms with van der Waals surface area (Å²) in [6.07, 6.45) is 6.41. The van der Waals surface area contributed by atoms with Crippen LogP contribution in [0.2, 0.25) is 0 Å². The van der Waals surface area contributed by atoms with Crippen LogP contribution in [-0.4, -0.2) is 35.4 Å². The zero-order valence-electron chi connectivity index (χ0n) is 15.8. The Morgan fingerprint density at radius 2 is 1.93 bits per heavy atom. The van der Waals surface area contributed by atoms with E-state index in [4.69, 9.17) is 9.47 Å². The molecule has 27 heavy (non-hydrogen) atoms. The third-order valence-corrected chi connectivity index (χ3v) is 5.21. The van der Waals surface area contributed by atoms with Crippen molar-refractivity contribution in [3.63, 3.8) is 0 Å². The summed E-state index contributed by atoms with van der Waals surface area (Å²) in [5.74, 6) is 1.72. The summed E-state index contributed by atoms with van der Waals surface area (Å²) in [4.78, 5) is 2.51. The molecule has 5 heteroatoms. The average Bonchev–Trinajstić information content (AvgIpc) is 3.38. The lowest BCUT2D eigenvalue weighted by Gasteiger charge is -2.26. The van der Waals surface area contributed by atoms with Gasteiger partial charge in [0.2, 0.25) is 0 Å². The van der Waals surface area contributed by atoms with Crippen molar-refractivity contribution in [1.82, 2.24) is 14.7 Å². The van der Waals surface area contributed by atoms with E-state index in [1.165, 1.54) is 17.5 Å². The Morgan fingerprint density at radius 3 is 2.70 bits per heavy atom. The van der Waals surface area contributed by atoms with Crippen LogP contribution in [0.15, 0.2) is 60.9 Å². The topological polar surface area (TPSA) is 39.5 Å². The standard InChI is InChI=1S/C22H25N3O2/c1-26-19-10-11-20(22(13-19)27-2)21-9-6-12-24(21)15-17-14-23-25(16-17)18-7-4-3-5-8-18/h3-5,7-8,10-11,13-14,16,21H,6,9,12,15H2,1-2H3/t21-/m1/s1. The van der Waals surface area contributed by atoms with Gasteiger partial charge in [-0.3, -0.25) is 4.90 Å². The molecule has 0 aliphatic carbocycles. The first-order valence-corrected chi connectivity index (χ1v) is 9.33. The molecule has 1 aromatic heterocycles. The van der Waals surface area contributed by atoms with Crippen molar-refractivity contribution in [2.45, 2.75) is 25.4 Å². The van der Waals surface area contributed by atoms with E-state index in [0.717, 1.165) is 36.7 Å². The third-order valence-electron chi connectivity index (χ3n) is 5.21. The molecule has 1 aliphatic heterocycles. The van der Waals surface area contributed by atoms with Gasteiger partial charge in [0.25, 0.3) is 0 Å². The molecule has 3 aromatic rings. The molecular formula is C22H25N3O2. The van der Waals surface area contributed by atoms with E-state index in [2.05, 4.69) is 34.4 Å². The van der Waals surface area contributed by atoms with Gasteiger partial charge in [-0.25, -0.2) is 4.68 Å². The Balaban J connectivity index is 1.54. The number of benzene rings is 2. The molecule has 140 valence electrons. The molecule has 2 aromatic carbocycles. The Kier molecular flexibility index (Phi) is 5.12. The quantitative estimate of drug-likeness (QED) is 0.657. The molecule has 1 atom stereocenters. The fraction of sp³-hybridized carbons (Fsp3) is 0.318. The number of hydrogen-bond donors (Lipinski definition) is 0. The fourth-order valence-electron chi connectivity index (χ4n) is 3.86. The lowest BCUT2D eigenvalue weighted by Crippen LogP contribution is -2.23. The van der Waals surface area contributed by atoms with Crippen molar-refractivity contribution in [3.05, 3.63) is 72.1 Å². The van der Waals surface area contributed by atoms with Crippen molar-refractivity contribution >= 4 is 0 Å². The van der Waals surface area contributed by atoms with Gasteiger partial charge in [-0.15, -0.1) is 0 Å². The van der Waals surface area contributed by atoms with Gasteiger partial charge >= 0.3 is 0 Å². The number of para-hydroxylation sites is 1. The number of aromatic nitrogens is 2. The minimum absolute atomic E-state index is 0.353. The van der Waals surface area contributed by atoms with Crippen LogP contribution < -0.4 is 9.47 Å². The van der Waals surface area contributed by atoms with Gasteiger partial charge in [0.1, 0.15) is 11.5 Å². The lowest BCUT2D eigenvalue weighted by atomic mass is 10.0. The number of ether oxygens (including phenoxy) is 2. The SMILES string of the molecule is COc1ccc([C@H]2CCCN2Cc2cnn(-c3ccccc3)c2)c(OC)c1. The van der Waals surface area contributed by atoms with Crippen LogP contribution in [0.5, 0.6) is 11.5 Å². The normalized spacial score (nSPS) is 17.2. The molecule has 1 aliphatic rings. The van der Waals surface area contributed by atoms with Crippen molar-refractivity contribution in [2.75, 3.05) is 20.8 Å². The summed E-state index contributed by atoms with van der Waals surface area (Å²) in [5, 5.41) is 4.53. The van der Waals surface area contributed by atoms with Crippen LogP contribution >= 0.6 is 0 Å². The van der Waals surface area contributed by atoms with Gasteiger partial charge < -0.3 is 9.47 Å². The summed E-state index contributed by atoms with van der Waals surface area (Å²) >= 11 is 0. The minimum Gasteiger partial charge on any atom is -0.497 e. The van der Waals surface area contributed by atoms with E-state index >= 15 is 0 Å². The number of hydrogen-bond acceptors (Lipinski definition) is 4. The number of rotatable bonds is 6. The van der Waals surface area contributed by atoms with Gasteiger partial charge in [0, 0.05) is 36.0 Å². The maximum Gasteiger partial charge on any atom is 0.127 e. The molecule has 1 saturated heterocycles. The first-order valence-electron chi connectivity index (χ1n) is 9.33. The van der Waals surface area contributed by atoms with Crippen LogP contribution in [0.3, 0.4) is 0 Å². The predicted molar refractivity (Wildman–Crippen MR) is 105 cm³/mol. The van der Waals surface area contributed by atoms with Crippen LogP contribution in [0.4, 0.5) is 0 Å². The predicted octanol–water partition coefficient (Wildman–Crippen LogP) is 4.23. The van der Waals surface area contributed by atoms with Crippen LogP contribution in [-0.2, 0) is 6.54 Å². The molecule has 0 spiro atoms. The van der Waals surface area contributed by atoms with Gasteiger partial charge in [0.15, 0.2) is 0 Å². The molecule has 0 saturated carbocycles. The van der Waals surface area contributed by atoms with Gasteiger partial charge in [-0.2, -0.15) is 5.10 Å². The summed E-state index contributed by atoms with van der Waals surface area (Å²) in [7, 11) is 3.40. The highest BCUT2D eigenvalue weighted by atomic mass is 16.5. The first kappa shape index (κ1) is 17.6. The maximum atomic E-state index is 5.64. The molecule has 0 unspecified atom stereocenters. The van der Waals surface area contributed by atoms with Crippen LogP contribution in [0.1, 0.15) is 30.0 Å². The summed E-state index contributed by atoms with van der Waals surface area (Å²) in [6, 6.07) is 16.7. The molecule has 1 fully saturated rings. The number of methoxy groups -OCH3 is 2. The second-order valence-electron chi connectivity index (χ2n) is 6.87. The summed E-state index contributed by atoms with van der Waals surface area (Å²) < 4.78 is 12.9. The van der Waals surface area contributed by atoms with Crippen molar-refractivity contribution in [3.8, 4) is 17.2 Å². The van der Waals surface area contributed by atoms with Crippen LogP contribution in [0.25, 0.3) is 5.69 Å². The number of likely N-dealkylation sites (tertiary alicyclic amines) is 1. The monoisotopic (exact) mass is 363 g/mol. The Morgan fingerprint density at radius 1 is 1.07 bits per heavy atom. The van der Waals surface area contributed by atoms with Crippen LogP contribution in [0, 0.1) is 0 Å². The van der Waals surface area contributed by atoms with Gasteiger partial charge in [-0.05, 0) is 37.6 Å². The van der Waals surface area contributed by atoms with E-state index in [-0.39, 0.29) is 0 Å². The third kappa shape index (κ3) is 3.69. The van der Waals surface area contributed by atoms with E-state index in [1.54, 1.807) is 14.2 Å². The minimum atomic E-state index is 0.353. The molecular weight excluding hydrogens is 338 g/mol. The Hall–Kier alpha value is -2.79. The molecule has 0 radical (unpaired) electrons. The van der Waals surface area contributed by atoms with Crippen molar-refractivity contribution < 1.29 is 9.47 Å². The molecule has 4 rings (SSSR count). The number of nitrogens with zero attached hydrogens (tertiary/aromatic N) is 3. The maximum absolute atomic E-state index is 5.64. The highest BCUT2D eigenvalue weighted by molar-refractivity contribution is 5.43. The largest absolute Gasteiger partial charge is 0.497 e. The van der Waals surface area contributed by atoms with E-state index in [9.17, 15) is 0 Å². The zero-order chi connectivity index (χ0) is 18.6. The Bertz CT molecular complexity index is 892. The lowest BCUT2D eigenvalue weighted by molar-refractivity contribution is 0.242. The highest BCUT2D eigenvalue weighted by Gasteiger charge is 2.28. The molecule has 0 N–H and O–H groups in total. The van der Waals surface area contributed by atoms with Gasteiger partial charge in [-0.1, -0.05) is 24.3 Å². The molecule has 5 nitrogen and oxygen atoms in total. The summed E-state index contributed by atoms with van der Waals surface area (Å²) in [6.45, 7) is 1.96. The van der Waals surface area contributed by atoms with E-state index in [1.807, 2.05) is 41.2 Å². The fourth-order valence-corrected chi connectivity index (χ4v) is 3.86. The zero-order valence-corrected chi connectivity index (χ0v) is 15.8. The summed E-state index contributed by atoms with van der Waals surface area (Å²) in [5.41, 5.74) is 3.53.